The summed E-state index contributed by atoms with van der Waals surface area (Å²) in [7, 11) is 12.7. The summed E-state index contributed by atoms with van der Waals surface area (Å²) in [6.45, 7) is 1.94. The summed E-state index contributed by atoms with van der Waals surface area (Å²) in [6, 6.07) is 0. The molecule has 0 aliphatic carbocycles. The summed E-state index contributed by atoms with van der Waals surface area (Å²) in [5.41, 5.74) is 0. The molecule has 0 aliphatic rings. The van der Waals surface area contributed by atoms with Gasteiger partial charge in [0.15, 0.2) is 0 Å². The molecule has 4 radical (unpaired) electrons. The van der Waals surface area contributed by atoms with Crippen molar-refractivity contribution in [2.75, 3.05) is 6.66 Å². The van der Waals surface area contributed by atoms with Crippen LogP contribution < -0.4 is 0 Å². The van der Waals surface area contributed by atoms with Crippen molar-refractivity contribution in [3.05, 3.63) is 0 Å². The van der Waals surface area contributed by atoms with Crippen molar-refractivity contribution in [3.63, 3.8) is 0 Å². The van der Waals surface area contributed by atoms with Gasteiger partial charge >= 0.3 is 0 Å². The van der Waals surface area contributed by atoms with E-state index in [0.29, 0.717) is 0 Å². The molecule has 0 aromatic rings. The van der Waals surface area contributed by atoms with E-state index in [9.17, 15) is 0 Å². The molecular weight excluding hydrogens is 108 g/mol. The zero-order chi connectivity index (χ0) is 5.15. The zero-order valence-electron chi connectivity index (χ0n) is 3.76. The largest absolute Gasteiger partial charge is 0.162 e. The lowest BCUT2D eigenvalue weighted by Crippen LogP contribution is -1.89. The van der Waals surface area contributed by atoms with Crippen molar-refractivity contribution < 1.29 is 0 Å². The second kappa shape index (κ2) is 3.05. The highest BCUT2D eigenvalue weighted by Gasteiger charge is 1.93. The molecular formula is C2H6B2P2. The number of hydrogen-bond donors (Lipinski definition) is 0. The summed E-state index contributed by atoms with van der Waals surface area (Å²) >= 11 is 0. The van der Waals surface area contributed by atoms with E-state index in [1.807, 2.05) is 6.66 Å². The van der Waals surface area contributed by atoms with E-state index in [4.69, 9.17) is 15.4 Å². The van der Waals surface area contributed by atoms with Crippen molar-refractivity contribution in [1.82, 2.24) is 0 Å². The smallest absolute Gasteiger partial charge is 0.108 e. The van der Waals surface area contributed by atoms with Crippen LogP contribution in [0.4, 0.5) is 0 Å². The average molecular weight is 114 g/mol. The van der Waals surface area contributed by atoms with E-state index < -0.39 is 7.80 Å². The molecule has 4 heteroatoms. The van der Waals surface area contributed by atoms with Gasteiger partial charge in [-0.05, 0) is 0 Å². The molecule has 0 aromatic carbocycles. The molecule has 0 nitrogen and oxygen atoms in total. The predicted molar refractivity (Wildman–Crippen MR) is 37.9 cm³/mol. The van der Waals surface area contributed by atoms with E-state index in [2.05, 4.69) is 9.24 Å². The van der Waals surface area contributed by atoms with Gasteiger partial charge in [0.1, 0.15) is 7.57 Å². The molecule has 3 unspecified atom stereocenters. The Balaban J connectivity index is 2.99. The first-order valence-electron chi connectivity index (χ1n) is 1.63. The van der Waals surface area contributed by atoms with E-state index >= 15 is 0 Å². The van der Waals surface area contributed by atoms with Crippen LogP contribution in [-0.2, 0) is 0 Å². The Morgan fingerprint density at radius 2 is 2.00 bits per heavy atom. The number of rotatable bonds is 1. The first-order chi connectivity index (χ1) is 2.64. The molecule has 0 N–H and O–H groups in total. The van der Waals surface area contributed by atoms with Crippen molar-refractivity contribution in [1.29, 1.82) is 0 Å². The van der Waals surface area contributed by atoms with Crippen molar-refractivity contribution in [3.8, 4) is 0 Å². The van der Waals surface area contributed by atoms with E-state index in [0.717, 1.165) is 0 Å². The fourth-order valence-corrected chi connectivity index (χ4v) is 0. The summed E-state index contributed by atoms with van der Waals surface area (Å²) in [4.78, 5) is 0. The zero-order valence-corrected chi connectivity index (χ0v) is 5.81. The highest BCUT2D eigenvalue weighted by atomic mass is 31.2. The quantitative estimate of drug-likeness (QED) is 0.344. The maximum atomic E-state index is 5.35. The van der Waals surface area contributed by atoms with Crippen molar-refractivity contribution in [2.24, 2.45) is 0 Å². The summed E-state index contributed by atoms with van der Waals surface area (Å²) in [5, 5.41) is 0.111. The van der Waals surface area contributed by atoms with Gasteiger partial charge in [0, 0.05) is 0 Å². The predicted octanol–water partition coefficient (Wildman–Crippen LogP) is 0.509. The van der Waals surface area contributed by atoms with E-state index in [1.54, 1.807) is 0 Å². The lowest BCUT2D eigenvalue weighted by molar-refractivity contribution is 1.97. The first-order valence-corrected chi connectivity index (χ1v) is 4.22. The first kappa shape index (κ1) is 6.99. The lowest BCUT2D eigenvalue weighted by atomic mass is 10.2. The van der Waals surface area contributed by atoms with Crippen LogP contribution in [0.25, 0.3) is 0 Å². The van der Waals surface area contributed by atoms with Crippen LogP contribution in [0, 0.1) is 0 Å². The SMILES string of the molecule is [B]C(P)P([B])C. The van der Waals surface area contributed by atoms with Gasteiger partial charge in [0.05, 0.1) is 7.85 Å². The fourth-order valence-electron chi connectivity index (χ4n) is 0. The van der Waals surface area contributed by atoms with Gasteiger partial charge in [-0.3, -0.25) is 0 Å². The summed E-state index contributed by atoms with van der Waals surface area (Å²) in [5.74, 6) is 0. The summed E-state index contributed by atoms with van der Waals surface area (Å²) in [6.07, 6.45) is 0. The second-order valence-corrected chi connectivity index (χ2v) is 4.36. The molecule has 0 aliphatic heterocycles. The molecule has 30 valence electrons. The molecule has 3 atom stereocenters. The standard InChI is InChI=1S/C2H6B2P2/c1-6(4)2(3)5/h2H,5H2,1H3. The maximum absolute atomic E-state index is 5.35. The van der Waals surface area contributed by atoms with Crippen molar-refractivity contribution in [2.45, 2.75) is 5.30 Å². The molecule has 0 fully saturated rings. The Morgan fingerprint density at radius 3 is 2.00 bits per heavy atom. The average Bonchev–Trinajstić information content (AvgIpc) is 1.36. The molecule has 0 heterocycles. The van der Waals surface area contributed by atoms with Crippen LogP contribution in [0.3, 0.4) is 0 Å². The van der Waals surface area contributed by atoms with Gasteiger partial charge in [0.25, 0.3) is 0 Å². The minimum absolute atomic E-state index is 0.111. The maximum Gasteiger partial charge on any atom is 0.108 e. The monoisotopic (exact) mass is 114 g/mol. The molecule has 0 saturated carbocycles. The van der Waals surface area contributed by atoms with Crippen LogP contribution in [0.1, 0.15) is 0 Å². The van der Waals surface area contributed by atoms with Gasteiger partial charge in [-0.1, -0.05) is 12.0 Å². The van der Waals surface area contributed by atoms with E-state index in [-0.39, 0.29) is 5.30 Å². The molecule has 0 amide bonds. The molecule has 0 aromatic heterocycles. The van der Waals surface area contributed by atoms with Crippen LogP contribution >= 0.6 is 17.0 Å². The highest BCUT2D eigenvalue weighted by Crippen LogP contribution is 2.32. The Bertz CT molecular complexity index is 30.5. The minimum Gasteiger partial charge on any atom is -0.162 e. The van der Waals surface area contributed by atoms with E-state index in [1.165, 1.54) is 0 Å². The van der Waals surface area contributed by atoms with Gasteiger partial charge in [0.2, 0.25) is 0 Å². The van der Waals surface area contributed by atoms with Crippen LogP contribution in [-0.4, -0.2) is 27.4 Å². The van der Waals surface area contributed by atoms with Crippen LogP contribution in [0.2, 0.25) is 0 Å². The second-order valence-electron chi connectivity index (χ2n) is 1.16. The molecule has 6 heavy (non-hydrogen) atoms. The topological polar surface area (TPSA) is 0 Å². The van der Waals surface area contributed by atoms with Crippen molar-refractivity contribution >= 4 is 32.5 Å². The molecule has 0 spiro atoms. The summed E-state index contributed by atoms with van der Waals surface area (Å²) < 4.78 is 0. The number of hydrogen-bond acceptors (Lipinski definition) is 0. The molecule has 0 saturated heterocycles. The van der Waals surface area contributed by atoms with Gasteiger partial charge in [-0.25, -0.2) is 0 Å². The lowest BCUT2D eigenvalue weighted by Gasteiger charge is -2.07. The fraction of sp³-hybridized carbons (Fsp3) is 1.00. The third-order valence-electron chi connectivity index (χ3n) is 0.470. The third kappa shape index (κ3) is 3.19. The third-order valence-corrected chi connectivity index (χ3v) is 2.82. The van der Waals surface area contributed by atoms with Gasteiger partial charge in [-0.15, -0.1) is 9.24 Å². The Labute approximate surface area is 45.2 Å². The normalized spacial score (nSPS) is 19.7. The van der Waals surface area contributed by atoms with Gasteiger partial charge in [-0.2, -0.15) is 7.80 Å². The van der Waals surface area contributed by atoms with Crippen LogP contribution in [0.15, 0.2) is 0 Å². The minimum atomic E-state index is -0.419. The molecule has 0 rings (SSSR count). The highest BCUT2D eigenvalue weighted by molar-refractivity contribution is 7.87. The molecule has 0 bridgehead atoms. The van der Waals surface area contributed by atoms with Gasteiger partial charge < -0.3 is 0 Å². The Morgan fingerprint density at radius 1 is 1.83 bits per heavy atom. The Hall–Kier alpha value is 0.990. The Kier molecular flexibility index (Phi) is 3.56. The van der Waals surface area contributed by atoms with Crippen LogP contribution in [0.5, 0.6) is 0 Å².